The topological polar surface area (TPSA) is 45.5 Å². The molecular formula is C19H20ClN5. The lowest BCUT2D eigenvalue weighted by molar-refractivity contribution is 0.187. The van der Waals surface area contributed by atoms with Gasteiger partial charge in [0.25, 0.3) is 0 Å². The number of fused-ring (bicyclic) bond motifs is 3. The normalized spacial score (nSPS) is 23.4. The second-order valence-corrected chi connectivity index (χ2v) is 7.47. The standard InChI is InChI=1S/C19H20ClN5/c20-14-4-2-13(3-5-14)18-17(25-9-1-8-21-19(25)23-18)12-24-10-15-6-7-16(11-24)22-15/h1-5,8-9,15-16,22H,6-7,10-12H2. The SMILES string of the molecule is Clc1ccc(-c2nc3ncccn3c2CN2CC3CCC(C2)N3)cc1. The number of rotatable bonds is 3. The highest BCUT2D eigenvalue weighted by Gasteiger charge is 2.32. The van der Waals surface area contributed by atoms with Gasteiger partial charge in [-0.3, -0.25) is 9.30 Å². The molecule has 25 heavy (non-hydrogen) atoms. The maximum absolute atomic E-state index is 6.06. The number of halogens is 1. The number of imidazole rings is 1. The van der Waals surface area contributed by atoms with E-state index in [9.17, 15) is 0 Å². The Morgan fingerprint density at radius 2 is 1.88 bits per heavy atom. The molecule has 2 atom stereocenters. The number of likely N-dealkylation sites (tertiary alicyclic amines) is 1. The third kappa shape index (κ3) is 2.82. The van der Waals surface area contributed by atoms with Crippen molar-refractivity contribution in [3.8, 4) is 11.3 Å². The largest absolute Gasteiger partial charge is 0.309 e. The van der Waals surface area contributed by atoms with Crippen LogP contribution in [0.5, 0.6) is 0 Å². The summed E-state index contributed by atoms with van der Waals surface area (Å²) in [4.78, 5) is 11.8. The number of benzene rings is 1. The van der Waals surface area contributed by atoms with Crippen LogP contribution in [0.4, 0.5) is 0 Å². The number of nitrogens with zero attached hydrogens (tertiary/aromatic N) is 4. The third-order valence-electron chi connectivity index (χ3n) is 5.29. The molecule has 2 aromatic heterocycles. The highest BCUT2D eigenvalue weighted by Crippen LogP contribution is 2.28. The summed E-state index contributed by atoms with van der Waals surface area (Å²) in [6.45, 7) is 3.09. The van der Waals surface area contributed by atoms with Crippen molar-refractivity contribution in [1.29, 1.82) is 0 Å². The Bertz CT molecular complexity index is 892. The zero-order chi connectivity index (χ0) is 16.8. The van der Waals surface area contributed by atoms with Gasteiger partial charge in [-0.2, -0.15) is 0 Å². The molecule has 0 radical (unpaired) electrons. The molecule has 2 unspecified atom stereocenters. The molecule has 0 saturated carbocycles. The van der Waals surface area contributed by atoms with E-state index >= 15 is 0 Å². The molecule has 1 aromatic carbocycles. The van der Waals surface area contributed by atoms with E-state index in [1.165, 1.54) is 18.5 Å². The first-order valence-corrected chi connectivity index (χ1v) is 9.20. The lowest BCUT2D eigenvalue weighted by atomic mass is 10.1. The molecule has 0 spiro atoms. The predicted octanol–water partition coefficient (Wildman–Crippen LogP) is 2.99. The van der Waals surface area contributed by atoms with Crippen LogP contribution in [0.3, 0.4) is 0 Å². The number of nitrogens with one attached hydrogen (secondary N) is 1. The van der Waals surface area contributed by atoms with Gasteiger partial charge in [-0.05, 0) is 31.0 Å². The summed E-state index contributed by atoms with van der Waals surface area (Å²) in [6, 6.07) is 11.1. The van der Waals surface area contributed by atoms with Gasteiger partial charge in [0.05, 0.1) is 11.4 Å². The second kappa shape index (κ2) is 6.09. The number of hydrogen-bond donors (Lipinski definition) is 1. The molecule has 0 amide bonds. The molecule has 4 heterocycles. The minimum absolute atomic E-state index is 0.634. The van der Waals surface area contributed by atoms with Crippen LogP contribution >= 0.6 is 11.6 Å². The van der Waals surface area contributed by atoms with Gasteiger partial charge in [-0.15, -0.1) is 0 Å². The molecule has 2 aliphatic rings. The molecule has 1 N–H and O–H groups in total. The first-order valence-electron chi connectivity index (χ1n) is 8.82. The molecule has 2 fully saturated rings. The van der Waals surface area contributed by atoms with Gasteiger partial charge >= 0.3 is 0 Å². The molecule has 6 heteroatoms. The van der Waals surface area contributed by atoms with Crippen molar-refractivity contribution in [1.82, 2.24) is 24.6 Å². The average Bonchev–Trinajstić information content (AvgIpc) is 3.16. The van der Waals surface area contributed by atoms with Crippen LogP contribution in [-0.4, -0.2) is 44.4 Å². The summed E-state index contributed by atoms with van der Waals surface area (Å²) in [7, 11) is 0. The average molecular weight is 354 g/mol. The molecule has 3 aromatic rings. The van der Waals surface area contributed by atoms with E-state index in [-0.39, 0.29) is 0 Å². The monoisotopic (exact) mass is 353 g/mol. The molecule has 2 bridgehead atoms. The van der Waals surface area contributed by atoms with Crippen LogP contribution in [0.2, 0.25) is 5.02 Å². The first-order chi connectivity index (χ1) is 12.3. The van der Waals surface area contributed by atoms with E-state index in [0.29, 0.717) is 12.1 Å². The van der Waals surface area contributed by atoms with Crippen molar-refractivity contribution in [3.05, 3.63) is 53.4 Å². The Balaban J connectivity index is 1.55. The second-order valence-electron chi connectivity index (χ2n) is 7.04. The quantitative estimate of drug-likeness (QED) is 0.786. The maximum Gasteiger partial charge on any atom is 0.234 e. The molecular weight excluding hydrogens is 334 g/mol. The summed E-state index contributed by atoms with van der Waals surface area (Å²) in [5.41, 5.74) is 3.29. The first kappa shape index (κ1) is 15.3. The van der Waals surface area contributed by atoms with E-state index in [4.69, 9.17) is 16.6 Å². The fourth-order valence-electron chi connectivity index (χ4n) is 4.15. The van der Waals surface area contributed by atoms with Crippen molar-refractivity contribution in [2.45, 2.75) is 31.5 Å². The summed E-state index contributed by atoms with van der Waals surface area (Å²) in [5, 5.41) is 4.44. The van der Waals surface area contributed by atoms with Crippen LogP contribution in [0.1, 0.15) is 18.5 Å². The lowest BCUT2D eigenvalue weighted by Gasteiger charge is -2.32. The Morgan fingerprint density at radius 3 is 2.64 bits per heavy atom. The third-order valence-corrected chi connectivity index (χ3v) is 5.54. The minimum Gasteiger partial charge on any atom is -0.309 e. The molecule has 2 aliphatic heterocycles. The van der Waals surface area contributed by atoms with Crippen LogP contribution in [0.25, 0.3) is 17.0 Å². The van der Waals surface area contributed by atoms with Gasteiger partial charge in [-0.1, -0.05) is 23.7 Å². The van der Waals surface area contributed by atoms with Crippen LogP contribution < -0.4 is 5.32 Å². The summed E-state index contributed by atoms with van der Waals surface area (Å²) >= 11 is 6.06. The van der Waals surface area contributed by atoms with Gasteiger partial charge in [0.2, 0.25) is 5.78 Å². The number of aromatic nitrogens is 3. The van der Waals surface area contributed by atoms with Crippen molar-refractivity contribution in [3.63, 3.8) is 0 Å². The van der Waals surface area contributed by atoms with E-state index in [0.717, 1.165) is 41.7 Å². The van der Waals surface area contributed by atoms with Crippen molar-refractivity contribution < 1.29 is 0 Å². The lowest BCUT2D eigenvalue weighted by Crippen LogP contribution is -2.50. The molecule has 128 valence electrons. The van der Waals surface area contributed by atoms with Gasteiger partial charge < -0.3 is 5.32 Å². The summed E-state index contributed by atoms with van der Waals surface area (Å²) in [5.74, 6) is 0.751. The smallest absolute Gasteiger partial charge is 0.234 e. The van der Waals surface area contributed by atoms with E-state index in [1.807, 2.05) is 30.3 Å². The molecule has 0 aliphatic carbocycles. The van der Waals surface area contributed by atoms with Crippen molar-refractivity contribution >= 4 is 17.4 Å². The van der Waals surface area contributed by atoms with Gasteiger partial charge in [0.1, 0.15) is 0 Å². The van der Waals surface area contributed by atoms with Gasteiger partial charge in [-0.25, -0.2) is 9.97 Å². The molecule has 5 rings (SSSR count). The Morgan fingerprint density at radius 1 is 1.12 bits per heavy atom. The highest BCUT2D eigenvalue weighted by molar-refractivity contribution is 6.30. The predicted molar refractivity (Wildman–Crippen MR) is 98.7 cm³/mol. The van der Waals surface area contributed by atoms with Crippen molar-refractivity contribution in [2.75, 3.05) is 13.1 Å². The van der Waals surface area contributed by atoms with Crippen LogP contribution in [-0.2, 0) is 6.54 Å². The zero-order valence-electron chi connectivity index (χ0n) is 13.9. The highest BCUT2D eigenvalue weighted by atomic mass is 35.5. The van der Waals surface area contributed by atoms with Gasteiger partial charge in [0.15, 0.2) is 0 Å². The van der Waals surface area contributed by atoms with Crippen LogP contribution in [0.15, 0.2) is 42.7 Å². The Kier molecular flexibility index (Phi) is 3.73. The van der Waals surface area contributed by atoms with E-state index in [2.05, 4.69) is 25.8 Å². The van der Waals surface area contributed by atoms with Crippen LogP contribution in [0, 0.1) is 0 Å². The molecule has 2 saturated heterocycles. The fourth-order valence-corrected chi connectivity index (χ4v) is 4.28. The Labute approximate surface area is 151 Å². The minimum atomic E-state index is 0.634. The molecule has 5 nitrogen and oxygen atoms in total. The van der Waals surface area contributed by atoms with Gasteiger partial charge in [0, 0.05) is 54.7 Å². The fraction of sp³-hybridized carbons (Fsp3) is 0.368. The van der Waals surface area contributed by atoms with E-state index < -0.39 is 0 Å². The zero-order valence-corrected chi connectivity index (χ0v) is 14.7. The summed E-state index contributed by atoms with van der Waals surface area (Å²) < 4.78 is 2.12. The van der Waals surface area contributed by atoms with Crippen molar-refractivity contribution in [2.24, 2.45) is 0 Å². The Hall–Kier alpha value is -1.95. The number of hydrogen-bond acceptors (Lipinski definition) is 4. The summed E-state index contributed by atoms with van der Waals surface area (Å²) in [6.07, 6.45) is 6.43. The number of piperazine rings is 1. The van der Waals surface area contributed by atoms with E-state index in [1.54, 1.807) is 6.20 Å². The maximum atomic E-state index is 6.06.